The second-order valence-electron chi connectivity index (χ2n) is 16.8. The van der Waals surface area contributed by atoms with E-state index in [1.165, 1.54) is 0 Å². The van der Waals surface area contributed by atoms with Crippen molar-refractivity contribution in [3.05, 3.63) is 185 Å². The van der Waals surface area contributed by atoms with Crippen LogP contribution in [-0.2, 0) is 35.5 Å². The Kier molecular flexibility index (Phi) is 11.4. The fourth-order valence-electron chi connectivity index (χ4n) is 9.25. The average Bonchev–Trinajstić information content (AvgIpc) is 3.95. The molecule has 4 heterocycles. The van der Waals surface area contributed by atoms with E-state index in [-0.39, 0.29) is 55.6 Å². The molecule has 13 nitrogen and oxygen atoms in total. The molecule has 6 aromatic carbocycles. The van der Waals surface area contributed by atoms with Gasteiger partial charge in [-0.3, -0.25) is 24.0 Å². The third-order valence-electron chi connectivity index (χ3n) is 12.4. The number of anilines is 3. The summed E-state index contributed by atoms with van der Waals surface area (Å²) in [6.07, 6.45) is -10.6. The van der Waals surface area contributed by atoms with Gasteiger partial charge in [0.2, 0.25) is 10.0 Å². The Bertz CT molecular complexity index is 3670. The molecule has 0 saturated heterocycles. The van der Waals surface area contributed by atoms with Crippen molar-refractivity contribution in [2.45, 2.75) is 42.4 Å². The van der Waals surface area contributed by atoms with Gasteiger partial charge in [-0.15, -0.1) is 0 Å². The van der Waals surface area contributed by atoms with Crippen molar-refractivity contribution in [1.29, 1.82) is 0 Å². The molecule has 73 heavy (non-hydrogen) atoms. The molecular weight excluding hydrogens is 1050 g/mol. The first-order chi connectivity index (χ1) is 34.2. The van der Waals surface area contributed by atoms with Gasteiger partial charge in [-0.1, -0.05) is 23.2 Å². The third-order valence-corrected chi connectivity index (χ3v) is 14.6. The van der Waals surface area contributed by atoms with E-state index in [0.29, 0.717) is 23.1 Å². The first-order valence-electron chi connectivity index (χ1n) is 20.9. The van der Waals surface area contributed by atoms with Crippen LogP contribution in [0.5, 0.6) is 0 Å². The number of alkyl halides is 6. The van der Waals surface area contributed by atoms with Crippen molar-refractivity contribution >= 4 is 79.8 Å². The number of halogens is 12. The lowest BCUT2D eigenvalue weighted by molar-refractivity contribution is -0.139. The molecule has 0 saturated carbocycles. The maximum Gasteiger partial charge on any atom is 0.416 e. The minimum atomic E-state index is -5.50. The number of benzene rings is 6. The van der Waals surface area contributed by atoms with Crippen LogP contribution < -0.4 is 30.9 Å². The van der Waals surface area contributed by atoms with Crippen LogP contribution in [0.2, 0.25) is 10.0 Å². The highest BCUT2D eigenvalue weighted by molar-refractivity contribution is 7.89. The summed E-state index contributed by atoms with van der Waals surface area (Å²) in [6.45, 7) is -1.68. The first-order valence-corrected chi connectivity index (χ1v) is 23.1. The summed E-state index contributed by atoms with van der Waals surface area (Å²) in [5, 5.41) is 9.23. The lowest BCUT2D eigenvalue weighted by Crippen LogP contribution is -2.43. The van der Waals surface area contributed by atoms with E-state index in [9.17, 15) is 58.7 Å². The lowest BCUT2D eigenvalue weighted by atomic mass is 9.88. The number of carbonyl (C=O) groups is 5. The molecule has 0 bridgehead atoms. The minimum Gasteiger partial charge on any atom is -0.341 e. The van der Waals surface area contributed by atoms with Gasteiger partial charge in [0.25, 0.3) is 29.5 Å². The lowest BCUT2D eigenvalue weighted by Gasteiger charge is -2.36. The number of hydrogen-bond donors (Lipinski definition) is 5. The maximum atomic E-state index is 16.4. The van der Waals surface area contributed by atoms with Gasteiger partial charge in [0, 0.05) is 72.5 Å². The summed E-state index contributed by atoms with van der Waals surface area (Å²) in [6, 6.07) is 6.37. The highest BCUT2D eigenvalue weighted by Gasteiger charge is 2.48. The molecule has 2 atom stereocenters. The van der Waals surface area contributed by atoms with Crippen molar-refractivity contribution in [3.63, 3.8) is 0 Å². The van der Waals surface area contributed by atoms with E-state index in [0.717, 1.165) is 48.5 Å². The minimum absolute atomic E-state index is 0.0541. The van der Waals surface area contributed by atoms with Gasteiger partial charge in [-0.2, -0.15) is 26.3 Å². The number of fused-ring (bicyclic) bond motifs is 6. The average molecular weight is 1080 g/mol. The molecular formula is C47H24Cl2F10N6O7S. The molecule has 10 rings (SSSR count). The van der Waals surface area contributed by atoms with Crippen LogP contribution in [0, 0.1) is 23.3 Å². The van der Waals surface area contributed by atoms with Crippen LogP contribution in [0.25, 0.3) is 0 Å². The molecule has 0 aromatic heterocycles. The van der Waals surface area contributed by atoms with Crippen LogP contribution in [0.4, 0.5) is 61.0 Å². The van der Waals surface area contributed by atoms with Crippen molar-refractivity contribution < 1.29 is 76.3 Å². The normalized spacial score (nSPS) is 17.3. The zero-order chi connectivity index (χ0) is 52.5. The molecule has 0 aliphatic carbocycles. The zero-order valence-corrected chi connectivity index (χ0v) is 38.2. The number of hydrogen-bond acceptors (Lipinski definition) is 7. The Morgan fingerprint density at radius 2 is 1.22 bits per heavy atom. The Morgan fingerprint density at radius 1 is 0.671 bits per heavy atom. The van der Waals surface area contributed by atoms with Crippen molar-refractivity contribution in [2.24, 2.45) is 0 Å². The first kappa shape index (κ1) is 49.1. The van der Waals surface area contributed by atoms with E-state index in [2.05, 4.69) is 26.0 Å². The second-order valence-corrected chi connectivity index (χ2v) is 19.3. The third kappa shape index (κ3) is 8.26. The Morgan fingerprint density at radius 3 is 1.79 bits per heavy atom. The van der Waals surface area contributed by atoms with Gasteiger partial charge < -0.3 is 26.2 Å². The summed E-state index contributed by atoms with van der Waals surface area (Å²) < 4.78 is 174. The van der Waals surface area contributed by atoms with E-state index in [4.69, 9.17) is 23.2 Å². The summed E-state index contributed by atoms with van der Waals surface area (Å²) in [5.74, 6) is -11.0. The van der Waals surface area contributed by atoms with Gasteiger partial charge in [0.05, 0.1) is 57.0 Å². The van der Waals surface area contributed by atoms with Crippen molar-refractivity contribution in [2.75, 3.05) is 15.5 Å². The largest absolute Gasteiger partial charge is 0.416 e. The van der Waals surface area contributed by atoms with E-state index < -0.39 is 161 Å². The van der Waals surface area contributed by atoms with E-state index in [1.807, 2.05) is 0 Å². The second kappa shape index (κ2) is 17.0. The molecule has 6 aromatic rings. The standard InChI is InChI=1S/C47H24Cl2F10N6O7S/c48-28-3-1-19(50)10-22(28)38-35-32(13-33-25(14-60-73(33,71)72)34(35)43(68)63-38)62-42(67)17-7-27(47(57,58)59)26(30(53)8-17)15-65-40-24(45(65)70)12-31(61-41(66)16-5-18(46(54,55)56)9-21(52)6-16)36-37(40)44(69)64-39(36)23-11-20(51)2-4-29(23)49/h1-13,38-39,60H,14-15H2,(H,61,66)(H,62,67)(H,63,68)(H,64,69). The van der Waals surface area contributed by atoms with Gasteiger partial charge >= 0.3 is 12.4 Å². The number of amides is 5. The molecule has 0 radical (unpaired) electrons. The number of rotatable bonds is 8. The van der Waals surface area contributed by atoms with Crippen molar-refractivity contribution in [1.82, 2.24) is 15.4 Å². The smallest absolute Gasteiger partial charge is 0.341 e. The summed E-state index contributed by atoms with van der Waals surface area (Å²) in [5.41, 5.74) is -10.0. The fraction of sp³-hybridized carbons (Fsp3) is 0.128. The Hall–Kier alpha value is -7.54. The van der Waals surface area contributed by atoms with Gasteiger partial charge in [-0.05, 0) is 78.9 Å². The molecule has 5 amide bonds. The topological polar surface area (TPSA) is 183 Å². The number of nitrogens with zero attached hydrogens (tertiary/aromatic N) is 1. The molecule has 4 aliphatic heterocycles. The van der Waals surface area contributed by atoms with Gasteiger partial charge in [-0.25, -0.2) is 30.7 Å². The molecule has 2 unspecified atom stereocenters. The molecule has 374 valence electrons. The molecule has 5 N–H and O–H groups in total. The molecule has 0 fully saturated rings. The van der Waals surface area contributed by atoms with E-state index in [1.54, 1.807) is 0 Å². The highest BCUT2D eigenvalue weighted by Crippen LogP contribution is 2.51. The summed E-state index contributed by atoms with van der Waals surface area (Å²) in [7, 11) is -4.32. The van der Waals surface area contributed by atoms with Crippen LogP contribution in [-0.4, -0.2) is 38.0 Å². The van der Waals surface area contributed by atoms with Crippen LogP contribution in [0.3, 0.4) is 0 Å². The zero-order valence-electron chi connectivity index (χ0n) is 35.8. The number of carbonyl (C=O) groups excluding carboxylic acids is 5. The summed E-state index contributed by atoms with van der Waals surface area (Å²) >= 11 is 12.7. The van der Waals surface area contributed by atoms with Crippen LogP contribution in [0.15, 0.2) is 83.8 Å². The van der Waals surface area contributed by atoms with E-state index >= 15 is 17.6 Å². The predicted molar refractivity (Wildman–Crippen MR) is 238 cm³/mol. The SMILES string of the molecule is O=C(Nc1cc2c(c3c1C(c1cc(F)ccc1Cl)NC3=O)CNS2(=O)=O)c1cc(F)c(CN2C(=O)c3cc(NC(=O)c4cc(F)cc(C(F)(F)F)c4)c4c(c32)C(=O)NC4c2cc(F)ccc2Cl)c(C(F)(F)F)c1. The fourth-order valence-corrected chi connectivity index (χ4v) is 11.0. The van der Waals surface area contributed by atoms with Gasteiger partial charge in [0.1, 0.15) is 23.3 Å². The summed E-state index contributed by atoms with van der Waals surface area (Å²) in [4.78, 5) is 68.7. The Balaban J connectivity index is 1.04. The number of sulfonamides is 1. The number of nitrogens with one attached hydrogen (secondary N) is 5. The monoisotopic (exact) mass is 1080 g/mol. The predicted octanol–water partition coefficient (Wildman–Crippen LogP) is 9.71. The van der Waals surface area contributed by atoms with Gasteiger partial charge in [0.15, 0.2) is 0 Å². The Labute approximate surface area is 412 Å². The van der Waals surface area contributed by atoms with Crippen molar-refractivity contribution in [3.8, 4) is 0 Å². The van der Waals surface area contributed by atoms with Crippen LogP contribution >= 0.6 is 23.2 Å². The molecule has 26 heteroatoms. The highest BCUT2D eigenvalue weighted by atomic mass is 35.5. The molecule has 0 spiro atoms. The molecule has 4 aliphatic rings. The van der Waals surface area contributed by atoms with Crippen LogP contribution in [0.1, 0.15) is 108 Å². The maximum absolute atomic E-state index is 16.4. The quantitative estimate of drug-likeness (QED) is 0.0941.